The molecular formula is C23H30ClN3O. The first-order valence-electron chi connectivity index (χ1n) is 11.2. The molecule has 1 aromatic carbocycles. The molecular weight excluding hydrogens is 370 g/mol. The van der Waals surface area contributed by atoms with Gasteiger partial charge in [0.25, 0.3) is 5.56 Å². The Balaban J connectivity index is 1.44. The standard InChI is InChI=1S/C23H30ClN3O/c24-22-23(28)27(21-11-7-6-10-20(21)25-22)19-14-17-12-13-18(15-19)26(17)16-8-4-2-1-3-5-9-16/h6-7,10-11,16-19H,1-5,8-9,12-15H2/t17-,18?,19?/m0/s1. The molecule has 0 N–H and O–H groups in total. The van der Waals surface area contributed by atoms with E-state index >= 15 is 0 Å². The predicted octanol–water partition coefficient (Wildman–Crippen LogP) is 5.33. The molecule has 2 saturated heterocycles. The molecule has 0 amide bonds. The highest BCUT2D eigenvalue weighted by atomic mass is 35.5. The van der Waals surface area contributed by atoms with E-state index in [0.717, 1.165) is 29.9 Å². The third-order valence-electron chi connectivity index (χ3n) is 7.38. The van der Waals surface area contributed by atoms with Gasteiger partial charge in [-0.2, -0.15) is 0 Å². The van der Waals surface area contributed by atoms with Crippen LogP contribution in [0, 0.1) is 0 Å². The summed E-state index contributed by atoms with van der Waals surface area (Å²) in [5, 5.41) is 0.105. The lowest BCUT2D eigenvalue weighted by atomic mass is 9.89. The number of benzene rings is 1. The second kappa shape index (κ2) is 7.79. The predicted molar refractivity (Wildman–Crippen MR) is 114 cm³/mol. The van der Waals surface area contributed by atoms with Gasteiger partial charge in [0, 0.05) is 24.2 Å². The largest absolute Gasteiger partial charge is 0.301 e. The minimum Gasteiger partial charge on any atom is -0.301 e. The Morgan fingerprint density at radius 1 is 0.821 bits per heavy atom. The second-order valence-electron chi connectivity index (χ2n) is 9.02. The maximum Gasteiger partial charge on any atom is 0.288 e. The molecule has 28 heavy (non-hydrogen) atoms. The highest BCUT2D eigenvalue weighted by Crippen LogP contribution is 2.44. The van der Waals surface area contributed by atoms with Gasteiger partial charge in [0.2, 0.25) is 0 Å². The summed E-state index contributed by atoms with van der Waals surface area (Å²) < 4.78 is 1.96. The fourth-order valence-corrected chi connectivity index (χ4v) is 6.39. The highest BCUT2D eigenvalue weighted by molar-refractivity contribution is 6.29. The molecule has 5 rings (SSSR count). The van der Waals surface area contributed by atoms with E-state index in [1.54, 1.807) is 0 Å². The first kappa shape index (κ1) is 18.6. The average Bonchev–Trinajstić information content (AvgIpc) is 2.92. The molecule has 1 aliphatic carbocycles. The maximum atomic E-state index is 12.9. The van der Waals surface area contributed by atoms with Gasteiger partial charge in [0.15, 0.2) is 5.15 Å². The van der Waals surface area contributed by atoms with Gasteiger partial charge in [-0.15, -0.1) is 0 Å². The Kier molecular flexibility index (Phi) is 5.18. The Labute approximate surface area is 171 Å². The van der Waals surface area contributed by atoms with Gasteiger partial charge >= 0.3 is 0 Å². The zero-order valence-electron chi connectivity index (χ0n) is 16.5. The number of nitrogens with zero attached hydrogens (tertiary/aromatic N) is 3. The Hall–Kier alpha value is -1.39. The summed E-state index contributed by atoms with van der Waals surface area (Å²) in [5.41, 5.74) is 1.63. The molecule has 2 unspecified atom stereocenters. The molecule has 0 spiro atoms. The number of halogens is 1. The van der Waals surface area contributed by atoms with Gasteiger partial charge in [-0.05, 0) is 50.7 Å². The third kappa shape index (κ3) is 3.29. The van der Waals surface area contributed by atoms with Crippen molar-refractivity contribution in [1.29, 1.82) is 0 Å². The molecule has 2 aromatic rings. The van der Waals surface area contributed by atoms with Crippen molar-refractivity contribution in [2.45, 2.75) is 94.8 Å². The van der Waals surface area contributed by atoms with Crippen molar-refractivity contribution >= 4 is 22.6 Å². The SMILES string of the molecule is O=c1c(Cl)nc2ccccc2n1C1CC2CC[C@@H](C1)N2C1CCCCCCC1. The van der Waals surface area contributed by atoms with Crippen LogP contribution in [0.5, 0.6) is 0 Å². The molecule has 2 bridgehead atoms. The molecule has 4 nitrogen and oxygen atoms in total. The summed E-state index contributed by atoms with van der Waals surface area (Å²) in [6, 6.07) is 10.1. The van der Waals surface area contributed by atoms with Crippen LogP contribution in [0.4, 0.5) is 0 Å². The lowest BCUT2D eigenvalue weighted by molar-refractivity contribution is 0.0497. The van der Waals surface area contributed by atoms with Gasteiger partial charge in [-0.1, -0.05) is 55.8 Å². The van der Waals surface area contributed by atoms with Crippen molar-refractivity contribution in [1.82, 2.24) is 14.5 Å². The first-order chi connectivity index (χ1) is 13.7. The minimum absolute atomic E-state index is 0.105. The van der Waals surface area contributed by atoms with E-state index in [9.17, 15) is 4.79 Å². The Bertz CT molecular complexity index is 888. The molecule has 150 valence electrons. The number of aromatic nitrogens is 2. The molecule has 2 aliphatic heterocycles. The molecule has 3 fully saturated rings. The topological polar surface area (TPSA) is 38.1 Å². The number of hydrogen-bond acceptors (Lipinski definition) is 3. The quantitative estimate of drug-likeness (QED) is 0.684. The zero-order valence-corrected chi connectivity index (χ0v) is 17.3. The summed E-state index contributed by atoms with van der Waals surface area (Å²) in [6.45, 7) is 0. The van der Waals surface area contributed by atoms with Crippen molar-refractivity contribution in [2.75, 3.05) is 0 Å². The van der Waals surface area contributed by atoms with E-state index in [4.69, 9.17) is 11.6 Å². The summed E-state index contributed by atoms with van der Waals surface area (Å²) in [7, 11) is 0. The van der Waals surface area contributed by atoms with E-state index < -0.39 is 0 Å². The van der Waals surface area contributed by atoms with Gasteiger partial charge in [-0.25, -0.2) is 4.98 Å². The van der Waals surface area contributed by atoms with E-state index in [1.165, 1.54) is 57.8 Å². The fraction of sp³-hybridized carbons (Fsp3) is 0.652. The number of rotatable bonds is 2. The molecule has 5 heteroatoms. The van der Waals surface area contributed by atoms with Crippen LogP contribution in [0.25, 0.3) is 11.0 Å². The summed E-state index contributed by atoms with van der Waals surface area (Å²) >= 11 is 6.23. The smallest absolute Gasteiger partial charge is 0.288 e. The number of para-hydroxylation sites is 2. The van der Waals surface area contributed by atoms with E-state index in [2.05, 4.69) is 9.88 Å². The maximum absolute atomic E-state index is 12.9. The van der Waals surface area contributed by atoms with E-state index in [-0.39, 0.29) is 16.8 Å². The van der Waals surface area contributed by atoms with Crippen LogP contribution in [-0.4, -0.2) is 32.6 Å². The number of fused-ring (bicyclic) bond motifs is 3. The molecule has 1 aromatic heterocycles. The van der Waals surface area contributed by atoms with Crippen LogP contribution in [-0.2, 0) is 0 Å². The first-order valence-corrected chi connectivity index (χ1v) is 11.5. The third-order valence-corrected chi connectivity index (χ3v) is 7.63. The molecule has 0 radical (unpaired) electrons. The molecule has 1 saturated carbocycles. The van der Waals surface area contributed by atoms with Crippen molar-refractivity contribution in [3.8, 4) is 0 Å². The summed E-state index contributed by atoms with van der Waals surface area (Å²) in [5.74, 6) is 0. The van der Waals surface area contributed by atoms with Crippen molar-refractivity contribution in [2.24, 2.45) is 0 Å². The van der Waals surface area contributed by atoms with E-state index in [0.29, 0.717) is 12.1 Å². The normalized spacial score (nSPS) is 29.7. The molecule has 3 heterocycles. The van der Waals surface area contributed by atoms with Crippen molar-refractivity contribution in [3.63, 3.8) is 0 Å². The minimum atomic E-state index is -0.121. The van der Waals surface area contributed by atoms with Crippen LogP contribution in [0.1, 0.15) is 76.7 Å². The fourth-order valence-electron chi connectivity index (χ4n) is 6.21. The van der Waals surface area contributed by atoms with Gasteiger partial charge in [0.05, 0.1) is 11.0 Å². The van der Waals surface area contributed by atoms with Crippen LogP contribution in [0.3, 0.4) is 0 Å². The summed E-state index contributed by atoms with van der Waals surface area (Å²) in [6.07, 6.45) is 14.4. The monoisotopic (exact) mass is 399 g/mol. The van der Waals surface area contributed by atoms with Gasteiger partial charge < -0.3 is 4.57 Å². The highest BCUT2D eigenvalue weighted by Gasteiger charge is 2.44. The van der Waals surface area contributed by atoms with Crippen LogP contribution in [0.2, 0.25) is 5.15 Å². The van der Waals surface area contributed by atoms with Gasteiger partial charge in [-0.3, -0.25) is 9.69 Å². The zero-order chi connectivity index (χ0) is 19.1. The van der Waals surface area contributed by atoms with Gasteiger partial charge in [0.1, 0.15) is 0 Å². The number of hydrogen-bond donors (Lipinski definition) is 0. The van der Waals surface area contributed by atoms with Crippen LogP contribution in [0.15, 0.2) is 29.1 Å². The number of piperidine rings is 1. The van der Waals surface area contributed by atoms with E-state index in [1.807, 2.05) is 28.8 Å². The Morgan fingerprint density at radius 3 is 2.18 bits per heavy atom. The lowest BCUT2D eigenvalue weighted by Crippen LogP contribution is -2.50. The Morgan fingerprint density at radius 2 is 1.46 bits per heavy atom. The molecule has 3 atom stereocenters. The second-order valence-corrected chi connectivity index (χ2v) is 9.38. The van der Waals surface area contributed by atoms with Crippen LogP contribution < -0.4 is 5.56 Å². The average molecular weight is 400 g/mol. The summed E-state index contributed by atoms with van der Waals surface area (Å²) in [4.78, 5) is 20.1. The lowest BCUT2D eigenvalue weighted by Gasteiger charge is -2.45. The van der Waals surface area contributed by atoms with Crippen LogP contribution >= 0.6 is 11.6 Å². The molecule has 3 aliphatic rings. The van der Waals surface area contributed by atoms with Crippen molar-refractivity contribution < 1.29 is 0 Å². The van der Waals surface area contributed by atoms with Crippen molar-refractivity contribution in [3.05, 3.63) is 39.8 Å².